The van der Waals surface area contributed by atoms with Crippen LogP contribution < -0.4 is 21.7 Å². The number of pyridine rings is 2. The summed E-state index contributed by atoms with van der Waals surface area (Å²) in [6.07, 6.45) is 7.97. The number of nitrogens with two attached hydrogens (primary N) is 1. The zero-order valence-corrected chi connectivity index (χ0v) is 21.9. The normalized spacial score (nSPS) is 25.1. The maximum Gasteiger partial charge on any atom is 0.126 e. The third kappa shape index (κ3) is 6.47. The summed E-state index contributed by atoms with van der Waals surface area (Å²) >= 11 is 6.55. The average Bonchev–Trinajstić information content (AvgIpc) is 2.88. The van der Waals surface area contributed by atoms with E-state index in [1.54, 1.807) is 6.20 Å². The van der Waals surface area contributed by atoms with Crippen molar-refractivity contribution in [2.24, 2.45) is 11.1 Å². The van der Waals surface area contributed by atoms with Crippen molar-refractivity contribution in [2.45, 2.75) is 63.1 Å². The number of hydrogen-bond donors (Lipinski definition) is 4. The second kappa shape index (κ2) is 11.2. The van der Waals surface area contributed by atoms with E-state index >= 15 is 0 Å². The van der Waals surface area contributed by atoms with Gasteiger partial charge < -0.3 is 31.2 Å². The van der Waals surface area contributed by atoms with Crippen LogP contribution in [0.2, 0.25) is 5.02 Å². The number of halogens is 1. The number of ether oxygens (including phenoxy) is 2. The maximum absolute atomic E-state index is 6.55. The van der Waals surface area contributed by atoms with Crippen molar-refractivity contribution in [3.05, 3.63) is 35.5 Å². The van der Waals surface area contributed by atoms with Crippen molar-refractivity contribution in [1.29, 1.82) is 0 Å². The molecule has 3 aliphatic rings. The number of aromatic nitrogens is 2. The van der Waals surface area contributed by atoms with Crippen LogP contribution >= 0.6 is 11.6 Å². The van der Waals surface area contributed by atoms with Crippen LogP contribution in [0, 0.1) is 5.41 Å². The fourth-order valence-electron chi connectivity index (χ4n) is 5.21. The number of nitrogens with zero attached hydrogens (tertiary/aromatic N) is 2. The molecule has 0 atom stereocenters. The fourth-order valence-corrected chi connectivity index (χ4v) is 5.41. The van der Waals surface area contributed by atoms with E-state index in [1.807, 2.05) is 24.3 Å². The smallest absolute Gasteiger partial charge is 0.126 e. The van der Waals surface area contributed by atoms with Gasteiger partial charge in [0, 0.05) is 61.1 Å². The van der Waals surface area contributed by atoms with E-state index in [1.165, 1.54) is 12.8 Å². The van der Waals surface area contributed by atoms with Crippen molar-refractivity contribution in [1.82, 2.24) is 15.3 Å². The minimum Gasteiger partial charge on any atom is -0.381 e. The molecule has 2 aromatic rings. The predicted octanol–water partition coefficient (Wildman–Crippen LogP) is 4.07. The minimum atomic E-state index is -0.264. The highest BCUT2D eigenvalue weighted by Gasteiger charge is 2.34. The summed E-state index contributed by atoms with van der Waals surface area (Å²) in [5.41, 5.74) is 8.26. The first-order chi connectivity index (χ1) is 17.4. The molecular formula is C27H39ClN6O2. The Morgan fingerprint density at radius 3 is 2.50 bits per heavy atom. The molecule has 0 bridgehead atoms. The van der Waals surface area contributed by atoms with Gasteiger partial charge >= 0.3 is 0 Å². The van der Waals surface area contributed by atoms with Crippen LogP contribution in [-0.2, 0) is 9.47 Å². The van der Waals surface area contributed by atoms with Crippen molar-refractivity contribution < 1.29 is 9.47 Å². The summed E-state index contributed by atoms with van der Waals surface area (Å²) in [5, 5.41) is 11.4. The van der Waals surface area contributed by atoms with Crippen LogP contribution in [0.15, 0.2) is 30.5 Å². The lowest BCUT2D eigenvalue weighted by Crippen LogP contribution is -2.50. The molecule has 196 valence electrons. The molecular weight excluding hydrogens is 476 g/mol. The quantitative estimate of drug-likeness (QED) is 0.397. The Balaban J connectivity index is 1.17. The standard InChI is InChI=1S/C27H39ClN6O2/c1-26(17-36-18-26)15-31-19-5-7-20(8-6-19)33-25-13-21(22(28)14-30-25)23-3-2-4-24(34-23)32-16-27(29)9-11-35-12-10-27/h2-4,13-14,19-20,31H,5-12,15-18,29H2,1H3,(H,30,33)(H,32,34)/t19-,20-. The second-order valence-corrected chi connectivity index (χ2v) is 11.6. The van der Waals surface area contributed by atoms with Crippen LogP contribution in [0.3, 0.4) is 0 Å². The Kier molecular flexibility index (Phi) is 7.98. The summed E-state index contributed by atoms with van der Waals surface area (Å²) in [4.78, 5) is 9.36. The maximum atomic E-state index is 6.55. The Bertz CT molecular complexity index is 1020. The molecule has 5 N–H and O–H groups in total. The van der Waals surface area contributed by atoms with Gasteiger partial charge in [-0.25, -0.2) is 9.97 Å². The summed E-state index contributed by atoms with van der Waals surface area (Å²) in [5.74, 6) is 1.63. The van der Waals surface area contributed by atoms with Crippen LogP contribution in [0.25, 0.3) is 11.3 Å². The summed E-state index contributed by atoms with van der Waals surface area (Å²) in [7, 11) is 0. The first kappa shape index (κ1) is 25.7. The van der Waals surface area contributed by atoms with Crippen LogP contribution in [-0.4, -0.2) is 67.1 Å². The topological polar surface area (TPSA) is 106 Å². The zero-order chi connectivity index (χ0) is 25.0. The van der Waals surface area contributed by atoms with E-state index in [-0.39, 0.29) is 5.54 Å². The molecule has 0 aromatic carbocycles. The van der Waals surface area contributed by atoms with Crippen molar-refractivity contribution in [3.63, 3.8) is 0 Å². The van der Waals surface area contributed by atoms with Crippen molar-refractivity contribution in [3.8, 4) is 11.3 Å². The van der Waals surface area contributed by atoms with Gasteiger partial charge in [-0.1, -0.05) is 24.6 Å². The second-order valence-electron chi connectivity index (χ2n) is 11.2. The van der Waals surface area contributed by atoms with Gasteiger partial charge in [-0.3, -0.25) is 0 Å². The average molecular weight is 515 g/mol. The SMILES string of the molecule is CC1(CN[C@H]2CC[C@H](Nc3cc(-c4cccc(NCC5(N)CCOCC5)n4)c(Cl)cn3)CC2)COC1. The Morgan fingerprint density at radius 1 is 1.03 bits per heavy atom. The molecule has 4 heterocycles. The van der Waals surface area contributed by atoms with Gasteiger partial charge in [-0.2, -0.15) is 0 Å². The molecule has 1 aliphatic carbocycles. The van der Waals surface area contributed by atoms with Crippen LogP contribution in [0.5, 0.6) is 0 Å². The molecule has 2 aliphatic heterocycles. The molecule has 0 radical (unpaired) electrons. The Labute approximate surface area is 219 Å². The zero-order valence-electron chi connectivity index (χ0n) is 21.2. The highest BCUT2D eigenvalue weighted by atomic mass is 35.5. The first-order valence-electron chi connectivity index (χ1n) is 13.2. The molecule has 36 heavy (non-hydrogen) atoms. The van der Waals surface area contributed by atoms with E-state index in [0.717, 1.165) is 68.3 Å². The molecule has 9 heteroatoms. The van der Waals surface area contributed by atoms with E-state index in [0.29, 0.717) is 42.3 Å². The van der Waals surface area contributed by atoms with Crippen LogP contribution in [0.4, 0.5) is 11.6 Å². The van der Waals surface area contributed by atoms with E-state index in [9.17, 15) is 0 Å². The van der Waals surface area contributed by atoms with Gasteiger partial charge in [0.1, 0.15) is 11.6 Å². The molecule has 0 amide bonds. The lowest BCUT2D eigenvalue weighted by Gasteiger charge is -2.40. The monoisotopic (exact) mass is 514 g/mol. The predicted molar refractivity (Wildman–Crippen MR) is 145 cm³/mol. The molecule has 2 aromatic heterocycles. The van der Waals surface area contributed by atoms with E-state index in [2.05, 4.69) is 27.9 Å². The highest BCUT2D eigenvalue weighted by molar-refractivity contribution is 6.33. The van der Waals surface area contributed by atoms with E-state index < -0.39 is 0 Å². The van der Waals surface area contributed by atoms with Gasteiger partial charge in [0.2, 0.25) is 0 Å². The number of anilines is 2. The van der Waals surface area contributed by atoms with Crippen molar-refractivity contribution >= 4 is 23.2 Å². The van der Waals surface area contributed by atoms with E-state index in [4.69, 9.17) is 31.8 Å². The first-order valence-corrected chi connectivity index (χ1v) is 13.6. The molecule has 5 rings (SSSR count). The lowest BCUT2D eigenvalue weighted by molar-refractivity contribution is -0.100. The molecule has 2 saturated heterocycles. The summed E-state index contributed by atoms with van der Waals surface area (Å²) < 4.78 is 10.8. The molecule has 1 saturated carbocycles. The third-order valence-electron chi connectivity index (χ3n) is 7.79. The molecule has 3 fully saturated rings. The highest BCUT2D eigenvalue weighted by Crippen LogP contribution is 2.31. The number of hydrogen-bond acceptors (Lipinski definition) is 8. The van der Waals surface area contributed by atoms with Crippen molar-refractivity contribution in [2.75, 3.05) is 50.2 Å². The Morgan fingerprint density at radius 2 is 1.78 bits per heavy atom. The lowest BCUT2D eigenvalue weighted by atomic mass is 9.86. The largest absolute Gasteiger partial charge is 0.381 e. The Hall–Kier alpha value is -1.97. The number of nitrogens with one attached hydrogen (secondary N) is 3. The number of rotatable bonds is 9. The van der Waals surface area contributed by atoms with Gasteiger partial charge in [0.15, 0.2) is 0 Å². The molecule has 0 unspecified atom stereocenters. The van der Waals surface area contributed by atoms with Crippen LogP contribution in [0.1, 0.15) is 45.4 Å². The van der Waals surface area contributed by atoms with Gasteiger partial charge in [0.25, 0.3) is 0 Å². The third-order valence-corrected chi connectivity index (χ3v) is 8.09. The molecule has 0 spiro atoms. The van der Waals surface area contributed by atoms with Gasteiger partial charge in [0.05, 0.1) is 23.9 Å². The summed E-state index contributed by atoms with van der Waals surface area (Å²) in [6.45, 7) is 7.16. The minimum absolute atomic E-state index is 0.264. The molecule has 8 nitrogen and oxygen atoms in total. The fraction of sp³-hybridized carbons (Fsp3) is 0.630. The van der Waals surface area contributed by atoms with Gasteiger partial charge in [-0.15, -0.1) is 0 Å². The summed E-state index contributed by atoms with van der Waals surface area (Å²) in [6, 6.07) is 8.94. The van der Waals surface area contributed by atoms with Gasteiger partial charge in [-0.05, 0) is 56.7 Å².